The highest BCUT2D eigenvalue weighted by atomic mass is 16.5. The number of benzene rings is 1. The van der Waals surface area contributed by atoms with E-state index in [0.29, 0.717) is 24.7 Å². The molecular weight excluding hydrogens is 344 g/mol. The summed E-state index contributed by atoms with van der Waals surface area (Å²) < 4.78 is 4.92. The summed E-state index contributed by atoms with van der Waals surface area (Å²) >= 11 is 0. The molecule has 0 bridgehead atoms. The zero-order valence-corrected chi connectivity index (χ0v) is 15.8. The van der Waals surface area contributed by atoms with Crippen LogP contribution in [0.2, 0.25) is 0 Å². The van der Waals surface area contributed by atoms with Gasteiger partial charge >= 0.3 is 0 Å². The summed E-state index contributed by atoms with van der Waals surface area (Å²) in [5.74, 6) is 0.331. The lowest BCUT2D eigenvalue weighted by Gasteiger charge is -2.34. The molecule has 0 spiro atoms. The molecule has 1 saturated heterocycles. The molecule has 144 valence electrons. The van der Waals surface area contributed by atoms with E-state index in [1.165, 1.54) is 12.0 Å². The van der Waals surface area contributed by atoms with Crippen LogP contribution < -0.4 is 15.5 Å². The van der Waals surface area contributed by atoms with Crippen LogP contribution in [0, 0.1) is 0 Å². The van der Waals surface area contributed by atoms with E-state index in [1.54, 1.807) is 13.2 Å². The monoisotopic (exact) mass is 370 g/mol. The maximum absolute atomic E-state index is 12.1. The average molecular weight is 370 g/mol. The molecule has 1 aromatic carbocycles. The summed E-state index contributed by atoms with van der Waals surface area (Å²) in [4.78, 5) is 25.0. The third-order valence-electron chi connectivity index (χ3n) is 4.50. The van der Waals surface area contributed by atoms with Gasteiger partial charge in [0, 0.05) is 57.3 Å². The third-order valence-corrected chi connectivity index (χ3v) is 4.50. The lowest BCUT2D eigenvalue weighted by molar-refractivity contribution is 0.0932. The van der Waals surface area contributed by atoms with Gasteiger partial charge in [-0.2, -0.15) is 0 Å². The number of amides is 1. The number of ether oxygens (including phenoxy) is 1. The summed E-state index contributed by atoms with van der Waals surface area (Å²) in [6.07, 6.45) is 1.38. The molecule has 1 fully saturated rings. The van der Waals surface area contributed by atoms with E-state index in [-0.39, 0.29) is 5.91 Å². The van der Waals surface area contributed by atoms with Crippen LogP contribution in [0.15, 0.2) is 36.7 Å². The van der Waals surface area contributed by atoms with Crippen molar-refractivity contribution < 1.29 is 9.53 Å². The number of nitrogens with zero attached hydrogens (tertiary/aromatic N) is 4. The largest absolute Gasteiger partial charge is 0.383 e. The smallest absolute Gasteiger partial charge is 0.270 e. The highest BCUT2D eigenvalue weighted by molar-refractivity contribution is 5.92. The van der Waals surface area contributed by atoms with Gasteiger partial charge in [0.05, 0.1) is 6.61 Å². The van der Waals surface area contributed by atoms with Crippen molar-refractivity contribution in [3.05, 3.63) is 42.4 Å². The maximum Gasteiger partial charge on any atom is 0.270 e. The average Bonchev–Trinajstić information content (AvgIpc) is 2.70. The Bertz CT molecular complexity index is 744. The van der Waals surface area contributed by atoms with E-state index in [1.807, 2.05) is 12.1 Å². The highest BCUT2D eigenvalue weighted by Crippen LogP contribution is 2.21. The molecule has 2 aromatic rings. The standard InChI is InChI=1S/C19H26N6O2/c1-24-8-10-25(11-9-24)16-5-3-15(4-6-16)23-18-13-17(21-14-22-18)19(26)20-7-12-27-2/h3-6,13-14H,7-12H2,1-2H3,(H,20,26)(H,21,22,23). The van der Waals surface area contributed by atoms with E-state index in [9.17, 15) is 4.79 Å². The molecule has 2 N–H and O–H groups in total. The summed E-state index contributed by atoms with van der Waals surface area (Å²) in [6, 6.07) is 9.89. The molecule has 1 aliphatic heterocycles. The number of piperazine rings is 1. The lowest BCUT2D eigenvalue weighted by Crippen LogP contribution is -2.44. The number of hydrogen-bond acceptors (Lipinski definition) is 7. The first-order valence-electron chi connectivity index (χ1n) is 9.05. The van der Waals surface area contributed by atoms with Crippen molar-refractivity contribution in [2.24, 2.45) is 0 Å². The van der Waals surface area contributed by atoms with Gasteiger partial charge in [0.1, 0.15) is 17.8 Å². The third kappa shape index (κ3) is 5.38. The van der Waals surface area contributed by atoms with Gasteiger partial charge in [-0.1, -0.05) is 0 Å². The van der Waals surface area contributed by atoms with Crippen LogP contribution in [0.25, 0.3) is 0 Å². The van der Waals surface area contributed by atoms with Gasteiger partial charge < -0.3 is 25.2 Å². The van der Waals surface area contributed by atoms with Crippen molar-refractivity contribution in [1.29, 1.82) is 0 Å². The summed E-state index contributed by atoms with van der Waals surface area (Å²) in [5, 5.41) is 5.97. The Labute approximate surface area is 159 Å². The summed E-state index contributed by atoms with van der Waals surface area (Å²) in [7, 11) is 3.74. The van der Waals surface area contributed by atoms with Gasteiger partial charge in [-0.15, -0.1) is 0 Å². The molecular formula is C19H26N6O2. The van der Waals surface area contributed by atoms with Gasteiger partial charge in [0.15, 0.2) is 0 Å². The van der Waals surface area contributed by atoms with Gasteiger partial charge in [-0.25, -0.2) is 9.97 Å². The SMILES string of the molecule is COCCNC(=O)c1cc(Nc2ccc(N3CCN(C)CC3)cc2)ncn1. The van der Waals surface area contributed by atoms with Crippen LogP contribution in [0.4, 0.5) is 17.2 Å². The number of aromatic nitrogens is 2. The van der Waals surface area contributed by atoms with Crippen molar-refractivity contribution in [3.8, 4) is 0 Å². The molecule has 0 unspecified atom stereocenters. The van der Waals surface area contributed by atoms with E-state index in [2.05, 4.69) is 49.6 Å². The number of nitrogens with one attached hydrogen (secondary N) is 2. The second-order valence-corrected chi connectivity index (χ2v) is 6.50. The number of likely N-dealkylation sites (N-methyl/N-ethyl adjacent to an activating group) is 1. The molecule has 3 rings (SSSR count). The molecule has 0 aliphatic carbocycles. The molecule has 1 aromatic heterocycles. The minimum atomic E-state index is -0.247. The fourth-order valence-electron chi connectivity index (χ4n) is 2.88. The molecule has 27 heavy (non-hydrogen) atoms. The Balaban J connectivity index is 1.60. The molecule has 1 aliphatic rings. The molecule has 8 heteroatoms. The maximum atomic E-state index is 12.1. The highest BCUT2D eigenvalue weighted by Gasteiger charge is 2.14. The molecule has 1 amide bonds. The van der Waals surface area contributed by atoms with E-state index in [0.717, 1.165) is 31.9 Å². The van der Waals surface area contributed by atoms with Gasteiger partial charge in [0.2, 0.25) is 0 Å². The van der Waals surface area contributed by atoms with Crippen LogP contribution in [0.3, 0.4) is 0 Å². The van der Waals surface area contributed by atoms with Gasteiger partial charge in [0.25, 0.3) is 5.91 Å². The fourth-order valence-corrected chi connectivity index (χ4v) is 2.88. The topological polar surface area (TPSA) is 82.6 Å². The Morgan fingerprint density at radius 1 is 1.15 bits per heavy atom. The van der Waals surface area contributed by atoms with E-state index >= 15 is 0 Å². The molecule has 0 radical (unpaired) electrons. The first-order valence-corrected chi connectivity index (χ1v) is 9.05. The van der Waals surface area contributed by atoms with E-state index in [4.69, 9.17) is 4.74 Å². The van der Waals surface area contributed by atoms with Gasteiger partial charge in [-0.3, -0.25) is 4.79 Å². The quantitative estimate of drug-likeness (QED) is 0.712. The second kappa shape index (κ2) is 9.29. The van der Waals surface area contributed by atoms with Crippen molar-refractivity contribution >= 4 is 23.1 Å². The van der Waals surface area contributed by atoms with Gasteiger partial charge in [-0.05, 0) is 31.3 Å². The number of anilines is 3. The normalized spacial score (nSPS) is 14.8. The van der Waals surface area contributed by atoms with Crippen LogP contribution in [-0.4, -0.2) is 74.3 Å². The first-order chi connectivity index (χ1) is 13.2. The van der Waals surface area contributed by atoms with Crippen LogP contribution >= 0.6 is 0 Å². The zero-order valence-electron chi connectivity index (χ0n) is 15.8. The fraction of sp³-hybridized carbons (Fsp3) is 0.421. The molecule has 0 saturated carbocycles. The lowest BCUT2D eigenvalue weighted by atomic mass is 10.2. The predicted octanol–water partition coefficient (Wildman–Crippen LogP) is 1.35. The van der Waals surface area contributed by atoms with Crippen molar-refractivity contribution in [3.63, 3.8) is 0 Å². The van der Waals surface area contributed by atoms with Crippen LogP contribution in [0.1, 0.15) is 10.5 Å². The molecule has 0 atom stereocenters. The van der Waals surface area contributed by atoms with Crippen molar-refractivity contribution in [1.82, 2.24) is 20.2 Å². The van der Waals surface area contributed by atoms with E-state index < -0.39 is 0 Å². The molecule has 8 nitrogen and oxygen atoms in total. The molecule has 2 heterocycles. The Hall–Kier alpha value is -2.71. The number of carbonyl (C=O) groups is 1. The summed E-state index contributed by atoms with van der Waals surface area (Å²) in [6.45, 7) is 5.14. The Kier molecular flexibility index (Phi) is 6.56. The van der Waals surface area contributed by atoms with Crippen LogP contribution in [-0.2, 0) is 4.74 Å². The van der Waals surface area contributed by atoms with Crippen molar-refractivity contribution in [2.45, 2.75) is 0 Å². The zero-order chi connectivity index (χ0) is 19.1. The number of hydrogen-bond donors (Lipinski definition) is 2. The number of carbonyl (C=O) groups excluding carboxylic acids is 1. The minimum absolute atomic E-state index is 0.247. The summed E-state index contributed by atoms with van der Waals surface area (Å²) in [5.41, 5.74) is 2.45. The Morgan fingerprint density at radius 3 is 2.59 bits per heavy atom. The number of methoxy groups -OCH3 is 1. The second-order valence-electron chi connectivity index (χ2n) is 6.50. The first kappa shape index (κ1) is 19.1. The Morgan fingerprint density at radius 2 is 1.89 bits per heavy atom. The number of rotatable bonds is 7. The van der Waals surface area contributed by atoms with Crippen molar-refractivity contribution in [2.75, 3.05) is 63.7 Å². The predicted molar refractivity (Wildman–Crippen MR) is 106 cm³/mol. The minimum Gasteiger partial charge on any atom is -0.383 e. The van der Waals surface area contributed by atoms with Crippen LogP contribution in [0.5, 0.6) is 0 Å².